The largest absolute Gasteiger partial charge is 0.465 e. The number of halogens is 1. The maximum absolute atomic E-state index is 12.1. The predicted octanol–water partition coefficient (Wildman–Crippen LogP) is 3.85. The van der Waals surface area contributed by atoms with E-state index in [4.69, 9.17) is 0 Å². The molecule has 0 heterocycles. The number of carbonyl (C=O) groups excluding carboxylic acids is 2. The van der Waals surface area contributed by atoms with Gasteiger partial charge in [-0.1, -0.05) is 36.4 Å². The number of ether oxygens (including phenoxy) is 1. The molecule has 2 aromatic carbocycles. The molecule has 0 bridgehead atoms. The lowest BCUT2D eigenvalue weighted by Gasteiger charge is -2.06. The summed E-state index contributed by atoms with van der Waals surface area (Å²) in [5.74, 6) is -0.749. The third-order valence-corrected chi connectivity index (χ3v) is 3.44. The Labute approximate surface area is 136 Å². The predicted molar refractivity (Wildman–Crippen MR) is 89.8 cm³/mol. The Morgan fingerprint density at radius 2 is 1.82 bits per heavy atom. The van der Waals surface area contributed by atoms with Crippen molar-refractivity contribution in [3.63, 3.8) is 0 Å². The molecule has 0 aliphatic carbocycles. The molecule has 5 heteroatoms. The Morgan fingerprint density at radius 1 is 1.09 bits per heavy atom. The Kier molecular flexibility index (Phi) is 5.49. The number of nitrogens with one attached hydrogen (secondary N) is 1. The van der Waals surface area contributed by atoms with E-state index in [1.165, 1.54) is 7.11 Å². The monoisotopic (exact) mass is 359 g/mol. The fourth-order valence-electron chi connectivity index (χ4n) is 1.79. The van der Waals surface area contributed by atoms with Crippen LogP contribution in [0.3, 0.4) is 0 Å². The number of anilines is 1. The van der Waals surface area contributed by atoms with E-state index < -0.39 is 5.97 Å². The lowest BCUT2D eigenvalue weighted by molar-refractivity contribution is -0.112. The standard InChI is InChI=1S/C17H14BrNO3/c1-22-17(21)13-8-5-9-14(11-13)19-16(20)15(18)10-12-6-3-2-4-7-12/h2-11H,1H3,(H,19,20)/b15-10-. The van der Waals surface area contributed by atoms with Gasteiger partial charge in [-0.25, -0.2) is 4.79 Å². The number of benzene rings is 2. The number of methoxy groups -OCH3 is 1. The Bertz CT molecular complexity index is 711. The molecule has 0 saturated carbocycles. The summed E-state index contributed by atoms with van der Waals surface area (Å²) in [7, 11) is 1.31. The molecular weight excluding hydrogens is 346 g/mol. The SMILES string of the molecule is COC(=O)c1cccc(NC(=O)/C(Br)=C/c2ccccc2)c1. The number of hydrogen-bond donors (Lipinski definition) is 1. The van der Waals surface area contributed by atoms with Crippen LogP contribution in [0.4, 0.5) is 5.69 Å². The van der Waals surface area contributed by atoms with Gasteiger partial charge in [-0.2, -0.15) is 0 Å². The van der Waals surface area contributed by atoms with Crippen molar-refractivity contribution < 1.29 is 14.3 Å². The van der Waals surface area contributed by atoms with Gasteiger partial charge in [0.15, 0.2) is 0 Å². The highest BCUT2D eigenvalue weighted by Crippen LogP contribution is 2.17. The fourth-order valence-corrected chi connectivity index (χ4v) is 2.16. The van der Waals surface area contributed by atoms with Crippen LogP contribution < -0.4 is 5.32 Å². The van der Waals surface area contributed by atoms with Gasteiger partial charge in [-0.3, -0.25) is 4.79 Å². The lowest BCUT2D eigenvalue weighted by atomic mass is 10.2. The molecule has 112 valence electrons. The van der Waals surface area contributed by atoms with Crippen LogP contribution in [0.2, 0.25) is 0 Å². The average molecular weight is 360 g/mol. The lowest BCUT2D eigenvalue weighted by Crippen LogP contribution is -2.12. The fraction of sp³-hybridized carbons (Fsp3) is 0.0588. The summed E-state index contributed by atoms with van der Waals surface area (Å²) in [5.41, 5.74) is 1.81. The smallest absolute Gasteiger partial charge is 0.337 e. The van der Waals surface area contributed by atoms with Gasteiger partial charge < -0.3 is 10.1 Å². The second kappa shape index (κ2) is 7.56. The zero-order valence-corrected chi connectivity index (χ0v) is 13.5. The number of carbonyl (C=O) groups is 2. The summed E-state index contributed by atoms with van der Waals surface area (Å²) in [5, 5.41) is 2.72. The van der Waals surface area contributed by atoms with E-state index in [-0.39, 0.29) is 5.91 Å². The average Bonchev–Trinajstić information content (AvgIpc) is 2.55. The first-order chi connectivity index (χ1) is 10.6. The van der Waals surface area contributed by atoms with E-state index in [1.807, 2.05) is 30.3 Å². The molecule has 0 atom stereocenters. The van der Waals surface area contributed by atoms with E-state index in [0.29, 0.717) is 15.7 Å². The molecule has 1 N–H and O–H groups in total. The van der Waals surface area contributed by atoms with Gasteiger partial charge in [-0.15, -0.1) is 0 Å². The van der Waals surface area contributed by atoms with Crippen LogP contribution in [-0.4, -0.2) is 19.0 Å². The van der Waals surface area contributed by atoms with Crippen molar-refractivity contribution in [2.24, 2.45) is 0 Å². The normalized spacial score (nSPS) is 10.9. The molecule has 2 aromatic rings. The van der Waals surface area contributed by atoms with Crippen molar-refractivity contribution in [2.75, 3.05) is 12.4 Å². The highest BCUT2D eigenvalue weighted by atomic mass is 79.9. The second-order valence-electron chi connectivity index (χ2n) is 4.43. The van der Waals surface area contributed by atoms with Crippen LogP contribution in [0.1, 0.15) is 15.9 Å². The van der Waals surface area contributed by atoms with Crippen LogP contribution in [0.5, 0.6) is 0 Å². The van der Waals surface area contributed by atoms with Gasteiger partial charge >= 0.3 is 5.97 Å². The molecule has 0 aliphatic rings. The molecule has 0 aliphatic heterocycles. The first kappa shape index (κ1) is 16.0. The van der Waals surface area contributed by atoms with Gasteiger partial charge in [0.25, 0.3) is 5.91 Å². The van der Waals surface area contributed by atoms with Gasteiger partial charge in [-0.05, 0) is 45.8 Å². The third-order valence-electron chi connectivity index (χ3n) is 2.85. The van der Waals surface area contributed by atoms with E-state index >= 15 is 0 Å². The first-order valence-corrected chi connectivity index (χ1v) is 7.31. The van der Waals surface area contributed by atoms with E-state index in [2.05, 4.69) is 26.0 Å². The summed E-state index contributed by atoms with van der Waals surface area (Å²) >= 11 is 3.26. The molecule has 0 unspecified atom stereocenters. The zero-order valence-electron chi connectivity index (χ0n) is 11.9. The Hall–Kier alpha value is -2.40. The van der Waals surface area contributed by atoms with Crippen LogP contribution >= 0.6 is 15.9 Å². The molecule has 1 amide bonds. The molecule has 0 spiro atoms. The second-order valence-corrected chi connectivity index (χ2v) is 5.28. The minimum atomic E-state index is -0.449. The summed E-state index contributed by atoms with van der Waals surface area (Å²) in [6.45, 7) is 0. The summed E-state index contributed by atoms with van der Waals surface area (Å²) in [6.07, 6.45) is 1.72. The number of esters is 1. The minimum absolute atomic E-state index is 0.300. The molecule has 0 radical (unpaired) electrons. The van der Waals surface area contributed by atoms with E-state index in [1.54, 1.807) is 30.3 Å². The van der Waals surface area contributed by atoms with Crippen LogP contribution in [-0.2, 0) is 9.53 Å². The molecule has 0 aromatic heterocycles. The van der Waals surface area contributed by atoms with Crippen molar-refractivity contribution in [3.8, 4) is 0 Å². The quantitative estimate of drug-likeness (QED) is 0.666. The highest BCUT2D eigenvalue weighted by Gasteiger charge is 2.09. The van der Waals surface area contributed by atoms with Crippen molar-refractivity contribution >= 4 is 39.6 Å². The van der Waals surface area contributed by atoms with Crippen molar-refractivity contribution in [3.05, 3.63) is 70.2 Å². The molecule has 0 saturated heterocycles. The van der Waals surface area contributed by atoms with Crippen molar-refractivity contribution in [2.45, 2.75) is 0 Å². The van der Waals surface area contributed by atoms with Gasteiger partial charge in [0, 0.05) is 5.69 Å². The zero-order chi connectivity index (χ0) is 15.9. The third kappa shape index (κ3) is 4.30. The first-order valence-electron chi connectivity index (χ1n) is 6.52. The van der Waals surface area contributed by atoms with Gasteiger partial charge in [0.2, 0.25) is 0 Å². The molecule has 2 rings (SSSR count). The van der Waals surface area contributed by atoms with Crippen molar-refractivity contribution in [1.82, 2.24) is 0 Å². The summed E-state index contributed by atoms with van der Waals surface area (Å²) < 4.78 is 5.04. The van der Waals surface area contributed by atoms with Gasteiger partial charge in [0.05, 0.1) is 17.2 Å². The van der Waals surface area contributed by atoms with Crippen LogP contribution in [0.15, 0.2) is 59.1 Å². The highest BCUT2D eigenvalue weighted by molar-refractivity contribution is 9.12. The maximum atomic E-state index is 12.1. The van der Waals surface area contributed by atoms with E-state index in [0.717, 1.165) is 5.56 Å². The molecule has 0 fully saturated rings. The number of amides is 1. The number of rotatable bonds is 4. The Morgan fingerprint density at radius 3 is 2.50 bits per heavy atom. The van der Waals surface area contributed by atoms with E-state index in [9.17, 15) is 9.59 Å². The summed E-state index contributed by atoms with van der Waals surface area (Å²) in [6, 6.07) is 16.0. The van der Waals surface area contributed by atoms with Crippen molar-refractivity contribution in [1.29, 1.82) is 0 Å². The van der Waals surface area contributed by atoms with Crippen LogP contribution in [0, 0.1) is 0 Å². The molecule has 22 heavy (non-hydrogen) atoms. The molecule has 4 nitrogen and oxygen atoms in total. The van der Waals surface area contributed by atoms with Crippen LogP contribution in [0.25, 0.3) is 6.08 Å². The maximum Gasteiger partial charge on any atom is 0.337 e. The Balaban J connectivity index is 2.12. The minimum Gasteiger partial charge on any atom is -0.465 e. The summed E-state index contributed by atoms with van der Waals surface area (Å²) in [4.78, 5) is 23.6. The topological polar surface area (TPSA) is 55.4 Å². The number of hydrogen-bond acceptors (Lipinski definition) is 3. The van der Waals surface area contributed by atoms with Gasteiger partial charge in [0.1, 0.15) is 0 Å². The molecular formula is C17H14BrNO3.